The van der Waals surface area contributed by atoms with Crippen LogP contribution in [0.1, 0.15) is 31.4 Å². The van der Waals surface area contributed by atoms with Crippen LogP contribution in [0.5, 0.6) is 0 Å². The van der Waals surface area contributed by atoms with E-state index in [4.69, 9.17) is 20.8 Å². The van der Waals surface area contributed by atoms with E-state index in [2.05, 4.69) is 5.32 Å². The average molecular weight is 415 g/mol. The predicted molar refractivity (Wildman–Crippen MR) is 111 cm³/mol. The molecule has 0 spiro atoms. The normalized spacial score (nSPS) is 17.2. The third-order valence-corrected chi connectivity index (χ3v) is 6.01. The second-order valence-electron chi connectivity index (χ2n) is 7.50. The number of oxazole rings is 1. The van der Waals surface area contributed by atoms with Gasteiger partial charge in [0.15, 0.2) is 5.58 Å². The molecule has 1 amide bonds. The number of fused-ring (bicyclic) bond motifs is 1. The lowest BCUT2D eigenvalue weighted by molar-refractivity contribution is -0.124. The van der Waals surface area contributed by atoms with Gasteiger partial charge in [-0.1, -0.05) is 35.9 Å². The Morgan fingerprint density at radius 2 is 1.97 bits per heavy atom. The van der Waals surface area contributed by atoms with E-state index in [-0.39, 0.29) is 11.3 Å². The molecule has 1 aromatic heterocycles. The molecule has 2 aromatic carbocycles. The van der Waals surface area contributed by atoms with Gasteiger partial charge in [-0.05, 0) is 49.6 Å². The number of benzene rings is 2. The number of nitrogens with zero attached hydrogens (tertiary/aromatic N) is 1. The molecule has 3 aromatic rings. The van der Waals surface area contributed by atoms with Crippen LogP contribution in [0.4, 0.5) is 0 Å². The number of rotatable bonds is 5. The lowest BCUT2D eigenvalue weighted by Crippen LogP contribution is -2.46. The maximum absolute atomic E-state index is 13.0. The first-order chi connectivity index (χ1) is 14.0. The van der Waals surface area contributed by atoms with Crippen LogP contribution in [0.3, 0.4) is 0 Å². The third-order valence-electron chi connectivity index (χ3n) is 5.77. The minimum Gasteiger partial charge on any atom is -0.408 e. The molecule has 7 heteroatoms. The van der Waals surface area contributed by atoms with Crippen molar-refractivity contribution in [1.29, 1.82) is 0 Å². The van der Waals surface area contributed by atoms with Gasteiger partial charge in [0.2, 0.25) is 5.91 Å². The molecular weight excluding hydrogens is 392 g/mol. The van der Waals surface area contributed by atoms with Crippen LogP contribution in [0.2, 0.25) is 5.02 Å². The van der Waals surface area contributed by atoms with E-state index in [0.29, 0.717) is 35.9 Å². The third kappa shape index (κ3) is 3.82. The second kappa shape index (κ2) is 8.05. The number of carbonyl (C=O) groups is 1. The standard InChI is InChI=1S/C22H23ClN2O4/c1-15(25-18-7-2-3-8-19(18)29-21(25)27)20(26)24-14-22(9-11-28-12-10-22)16-5-4-6-17(23)13-16/h2-8,13,15H,9-12,14H2,1H3,(H,24,26). The first-order valence-electron chi connectivity index (χ1n) is 9.72. The van der Waals surface area contributed by atoms with Crippen LogP contribution in [0.15, 0.2) is 57.7 Å². The molecule has 0 radical (unpaired) electrons. The zero-order valence-electron chi connectivity index (χ0n) is 16.2. The molecule has 1 atom stereocenters. The highest BCUT2D eigenvalue weighted by molar-refractivity contribution is 6.30. The zero-order valence-corrected chi connectivity index (χ0v) is 16.9. The monoisotopic (exact) mass is 414 g/mol. The zero-order chi connectivity index (χ0) is 20.4. The van der Waals surface area contributed by atoms with Crippen molar-refractivity contribution < 1.29 is 13.9 Å². The fourth-order valence-corrected chi connectivity index (χ4v) is 4.21. The summed E-state index contributed by atoms with van der Waals surface area (Å²) in [5.74, 6) is -0.768. The van der Waals surface area contributed by atoms with Gasteiger partial charge < -0.3 is 14.5 Å². The molecule has 1 N–H and O–H groups in total. The molecular formula is C22H23ClN2O4. The highest BCUT2D eigenvalue weighted by atomic mass is 35.5. The summed E-state index contributed by atoms with van der Waals surface area (Å²) in [7, 11) is 0. The predicted octanol–water partition coefficient (Wildman–Crippen LogP) is 3.67. The van der Waals surface area contributed by atoms with Gasteiger partial charge in [0.25, 0.3) is 0 Å². The van der Waals surface area contributed by atoms with Crippen molar-refractivity contribution in [2.45, 2.75) is 31.2 Å². The van der Waals surface area contributed by atoms with Crippen molar-refractivity contribution in [2.75, 3.05) is 19.8 Å². The minimum absolute atomic E-state index is 0.230. The Bertz CT molecular complexity index is 1080. The van der Waals surface area contributed by atoms with Crippen LogP contribution in [0.25, 0.3) is 11.1 Å². The van der Waals surface area contributed by atoms with Gasteiger partial charge in [-0.25, -0.2) is 4.79 Å². The molecule has 0 saturated carbocycles. The summed E-state index contributed by atoms with van der Waals surface area (Å²) in [6.07, 6.45) is 1.58. The molecule has 1 unspecified atom stereocenters. The van der Waals surface area contributed by atoms with Crippen LogP contribution in [-0.2, 0) is 14.9 Å². The minimum atomic E-state index is -0.692. The Balaban J connectivity index is 1.56. The summed E-state index contributed by atoms with van der Waals surface area (Å²) in [4.78, 5) is 25.2. The molecule has 1 fully saturated rings. The van der Waals surface area contributed by atoms with E-state index in [0.717, 1.165) is 18.4 Å². The molecule has 29 heavy (non-hydrogen) atoms. The molecule has 1 aliphatic heterocycles. The summed E-state index contributed by atoms with van der Waals surface area (Å²) in [6, 6.07) is 14.2. The van der Waals surface area contributed by atoms with E-state index in [1.54, 1.807) is 25.1 Å². The fourth-order valence-electron chi connectivity index (χ4n) is 4.02. The summed E-state index contributed by atoms with van der Waals surface area (Å²) < 4.78 is 12.2. The Kier molecular flexibility index (Phi) is 5.48. The smallest absolute Gasteiger partial charge is 0.408 e. The van der Waals surface area contributed by atoms with Crippen molar-refractivity contribution in [3.63, 3.8) is 0 Å². The van der Waals surface area contributed by atoms with Crippen molar-refractivity contribution in [2.24, 2.45) is 0 Å². The summed E-state index contributed by atoms with van der Waals surface area (Å²) in [6.45, 7) is 3.41. The Morgan fingerprint density at radius 1 is 1.21 bits per heavy atom. The lowest BCUT2D eigenvalue weighted by Gasteiger charge is -2.38. The highest BCUT2D eigenvalue weighted by Gasteiger charge is 2.35. The van der Waals surface area contributed by atoms with E-state index < -0.39 is 11.8 Å². The van der Waals surface area contributed by atoms with Crippen LogP contribution < -0.4 is 11.1 Å². The van der Waals surface area contributed by atoms with E-state index in [1.165, 1.54) is 4.57 Å². The Labute approximate surface area is 173 Å². The maximum atomic E-state index is 13.0. The number of hydrogen-bond acceptors (Lipinski definition) is 4. The Hall–Kier alpha value is -2.57. The molecule has 6 nitrogen and oxygen atoms in total. The van der Waals surface area contributed by atoms with Crippen LogP contribution >= 0.6 is 11.6 Å². The number of hydrogen-bond donors (Lipinski definition) is 1. The molecule has 152 valence electrons. The fraction of sp³-hybridized carbons (Fsp3) is 0.364. The maximum Gasteiger partial charge on any atom is 0.420 e. The van der Waals surface area contributed by atoms with Crippen molar-refractivity contribution >= 4 is 28.6 Å². The number of ether oxygens (including phenoxy) is 1. The molecule has 4 rings (SSSR count). The summed E-state index contributed by atoms with van der Waals surface area (Å²) in [5.41, 5.74) is 1.92. The van der Waals surface area contributed by atoms with Gasteiger partial charge in [-0.3, -0.25) is 9.36 Å². The van der Waals surface area contributed by atoms with Crippen molar-refractivity contribution in [1.82, 2.24) is 9.88 Å². The SMILES string of the molecule is CC(C(=O)NCC1(c2cccc(Cl)c2)CCOCC1)n1c(=O)oc2ccccc21. The van der Waals surface area contributed by atoms with Crippen molar-refractivity contribution in [3.05, 3.63) is 69.7 Å². The first-order valence-corrected chi connectivity index (χ1v) is 10.1. The second-order valence-corrected chi connectivity index (χ2v) is 7.94. The number of amides is 1. The summed E-state index contributed by atoms with van der Waals surface area (Å²) >= 11 is 6.21. The topological polar surface area (TPSA) is 73.5 Å². The average Bonchev–Trinajstić information content (AvgIpc) is 3.07. The molecule has 0 aliphatic carbocycles. The molecule has 1 aliphatic rings. The van der Waals surface area contributed by atoms with Gasteiger partial charge in [-0.15, -0.1) is 0 Å². The number of aromatic nitrogens is 1. The van der Waals surface area contributed by atoms with Crippen LogP contribution in [-0.4, -0.2) is 30.2 Å². The molecule has 2 heterocycles. The van der Waals surface area contributed by atoms with Gasteiger partial charge in [0, 0.05) is 30.2 Å². The number of carbonyl (C=O) groups excluding carboxylic acids is 1. The van der Waals surface area contributed by atoms with Gasteiger partial charge in [-0.2, -0.15) is 0 Å². The largest absolute Gasteiger partial charge is 0.420 e. The Morgan fingerprint density at radius 3 is 2.72 bits per heavy atom. The molecule has 0 bridgehead atoms. The highest BCUT2D eigenvalue weighted by Crippen LogP contribution is 2.35. The van der Waals surface area contributed by atoms with E-state index >= 15 is 0 Å². The van der Waals surface area contributed by atoms with E-state index in [9.17, 15) is 9.59 Å². The number of nitrogens with one attached hydrogen (secondary N) is 1. The lowest BCUT2D eigenvalue weighted by atomic mass is 9.74. The van der Waals surface area contributed by atoms with E-state index in [1.807, 2.05) is 30.3 Å². The van der Waals surface area contributed by atoms with Crippen molar-refractivity contribution in [3.8, 4) is 0 Å². The first kappa shape index (κ1) is 19.7. The number of halogens is 1. The summed E-state index contributed by atoms with van der Waals surface area (Å²) in [5, 5.41) is 3.72. The van der Waals surface area contributed by atoms with Gasteiger partial charge in [0.05, 0.1) is 5.52 Å². The van der Waals surface area contributed by atoms with Crippen LogP contribution in [0, 0.1) is 0 Å². The molecule has 1 saturated heterocycles. The number of para-hydroxylation sites is 2. The quantitative estimate of drug-likeness (QED) is 0.691. The van der Waals surface area contributed by atoms with Gasteiger partial charge in [0.1, 0.15) is 6.04 Å². The van der Waals surface area contributed by atoms with Gasteiger partial charge >= 0.3 is 5.76 Å².